The number of hydrogen-bond acceptors (Lipinski definition) is 7. The van der Waals surface area contributed by atoms with Gasteiger partial charge in [-0.1, -0.05) is 68.1 Å². The Bertz CT molecular complexity index is 1330. The van der Waals surface area contributed by atoms with Crippen molar-refractivity contribution < 1.29 is 33.6 Å². The summed E-state index contributed by atoms with van der Waals surface area (Å²) in [5.41, 5.74) is 0.556. The summed E-state index contributed by atoms with van der Waals surface area (Å²) in [4.78, 5) is 27.3. The molecule has 2 amide bonds. The Balaban J connectivity index is 0.000000197. The third kappa shape index (κ3) is 7.62. The summed E-state index contributed by atoms with van der Waals surface area (Å²) in [6.45, 7) is 14.1. The number of aliphatic hydroxyl groups is 1. The summed E-state index contributed by atoms with van der Waals surface area (Å²) >= 11 is 0. The standard InChI is InChI=1S/C17H23NO4.C17H21NO3.CH4/c1-15(2,3)22-14(19)18-10-16(11-18)9-17(20,12-21-16)13-7-5-4-6-8-13;1-16(2,3)21-15(19)18-11-17(12-18)9-14(10-20-17)13-7-5-4-6-8-13;/h4-8,20H,9-12H2,1-3H3;4-9H,10-12H2,1-3H3;1H4. The van der Waals surface area contributed by atoms with Crippen molar-refractivity contribution in [2.75, 3.05) is 39.4 Å². The monoisotopic (exact) mass is 608 g/mol. The van der Waals surface area contributed by atoms with E-state index >= 15 is 0 Å². The van der Waals surface area contributed by atoms with E-state index in [1.165, 1.54) is 11.1 Å². The first-order valence-electron chi connectivity index (χ1n) is 14.9. The average Bonchev–Trinajstić information content (AvgIpc) is 3.50. The number of likely N-dealkylation sites (tertiary alicyclic amines) is 2. The van der Waals surface area contributed by atoms with E-state index in [-0.39, 0.29) is 31.8 Å². The van der Waals surface area contributed by atoms with Crippen molar-refractivity contribution in [2.45, 2.75) is 83.4 Å². The van der Waals surface area contributed by atoms with E-state index in [0.717, 1.165) is 5.56 Å². The van der Waals surface area contributed by atoms with Gasteiger partial charge in [-0.2, -0.15) is 0 Å². The van der Waals surface area contributed by atoms with E-state index < -0.39 is 22.4 Å². The largest absolute Gasteiger partial charge is 0.444 e. The van der Waals surface area contributed by atoms with E-state index in [1.54, 1.807) is 9.80 Å². The third-order valence-electron chi connectivity index (χ3n) is 7.82. The number of carbonyl (C=O) groups excluding carboxylic acids is 2. The van der Waals surface area contributed by atoms with Crippen molar-refractivity contribution in [3.63, 3.8) is 0 Å². The van der Waals surface area contributed by atoms with Gasteiger partial charge in [-0.15, -0.1) is 0 Å². The second-order valence-corrected chi connectivity index (χ2v) is 14.1. The zero-order valence-electron chi connectivity index (χ0n) is 26.1. The van der Waals surface area contributed by atoms with Crippen LogP contribution in [0.25, 0.3) is 5.57 Å². The highest BCUT2D eigenvalue weighted by Crippen LogP contribution is 2.45. The predicted octanol–water partition coefficient (Wildman–Crippen LogP) is 6.01. The molecule has 0 aliphatic carbocycles. The Labute approximate surface area is 261 Å². The lowest BCUT2D eigenvalue weighted by Crippen LogP contribution is -2.64. The van der Waals surface area contributed by atoms with E-state index in [4.69, 9.17) is 18.9 Å². The summed E-state index contributed by atoms with van der Waals surface area (Å²) in [6, 6.07) is 19.8. The molecule has 6 rings (SSSR count). The van der Waals surface area contributed by atoms with Gasteiger partial charge in [0.25, 0.3) is 0 Å². The molecule has 1 N–H and O–H groups in total. The molecule has 1 atom stereocenters. The van der Waals surface area contributed by atoms with Gasteiger partial charge in [-0.25, -0.2) is 9.59 Å². The minimum absolute atomic E-state index is 0. The molecule has 2 spiro atoms. The molecule has 9 nitrogen and oxygen atoms in total. The summed E-state index contributed by atoms with van der Waals surface area (Å²) in [5, 5.41) is 10.8. The lowest BCUT2D eigenvalue weighted by molar-refractivity contribution is -0.109. The molecular formula is C35H48N2O7. The lowest BCUT2D eigenvalue weighted by atomic mass is 9.82. The second-order valence-electron chi connectivity index (χ2n) is 14.1. The van der Waals surface area contributed by atoms with E-state index in [1.807, 2.05) is 90.1 Å². The minimum Gasteiger partial charge on any atom is -0.444 e. The van der Waals surface area contributed by atoms with Gasteiger partial charge in [0, 0.05) is 6.42 Å². The van der Waals surface area contributed by atoms with Gasteiger partial charge in [-0.05, 0) is 64.3 Å². The van der Waals surface area contributed by atoms with Crippen molar-refractivity contribution in [1.29, 1.82) is 0 Å². The minimum atomic E-state index is -0.971. The van der Waals surface area contributed by atoms with E-state index in [9.17, 15) is 14.7 Å². The lowest BCUT2D eigenvalue weighted by Gasteiger charge is -2.47. The maximum Gasteiger partial charge on any atom is 0.410 e. The van der Waals surface area contributed by atoms with Crippen molar-refractivity contribution in [3.05, 3.63) is 77.9 Å². The van der Waals surface area contributed by atoms with Gasteiger partial charge in [0.05, 0.1) is 39.4 Å². The molecule has 0 radical (unpaired) electrons. The number of hydrogen-bond donors (Lipinski definition) is 1. The highest BCUT2D eigenvalue weighted by atomic mass is 16.6. The first-order valence-corrected chi connectivity index (χ1v) is 14.9. The normalized spacial score (nSPS) is 23.0. The fourth-order valence-corrected chi connectivity index (χ4v) is 5.83. The van der Waals surface area contributed by atoms with Crippen LogP contribution in [0.1, 0.15) is 66.5 Å². The summed E-state index contributed by atoms with van der Waals surface area (Å²) in [5.74, 6) is 0. The van der Waals surface area contributed by atoms with Crippen LogP contribution in [0.5, 0.6) is 0 Å². The summed E-state index contributed by atoms with van der Waals surface area (Å²) < 4.78 is 22.5. The van der Waals surface area contributed by atoms with Crippen molar-refractivity contribution in [2.24, 2.45) is 0 Å². The molecule has 3 fully saturated rings. The first kappa shape index (κ1) is 33.5. The van der Waals surface area contributed by atoms with Crippen LogP contribution in [-0.2, 0) is 24.5 Å². The number of carbonyl (C=O) groups is 2. The number of nitrogens with zero attached hydrogens (tertiary/aromatic N) is 2. The van der Waals surface area contributed by atoms with Crippen LogP contribution < -0.4 is 0 Å². The molecule has 0 bridgehead atoms. The molecule has 4 heterocycles. The summed E-state index contributed by atoms with van der Waals surface area (Å²) in [7, 11) is 0. The second kappa shape index (κ2) is 12.2. The highest BCUT2D eigenvalue weighted by Gasteiger charge is 2.57. The van der Waals surface area contributed by atoms with Gasteiger partial charge < -0.3 is 33.9 Å². The molecule has 9 heteroatoms. The highest BCUT2D eigenvalue weighted by molar-refractivity contribution is 5.73. The van der Waals surface area contributed by atoms with Crippen LogP contribution in [0.4, 0.5) is 9.59 Å². The summed E-state index contributed by atoms with van der Waals surface area (Å²) in [6.07, 6.45) is 2.07. The molecule has 0 saturated carbocycles. The van der Waals surface area contributed by atoms with Crippen molar-refractivity contribution in [1.82, 2.24) is 9.80 Å². The Kier molecular flexibility index (Phi) is 9.27. The average molecular weight is 609 g/mol. The molecule has 2 aromatic carbocycles. The number of benzene rings is 2. The molecular weight excluding hydrogens is 560 g/mol. The van der Waals surface area contributed by atoms with Crippen molar-refractivity contribution >= 4 is 17.8 Å². The fraction of sp³-hybridized carbons (Fsp3) is 0.543. The van der Waals surface area contributed by atoms with Gasteiger partial charge in [-0.3, -0.25) is 0 Å². The van der Waals surface area contributed by atoms with Crippen molar-refractivity contribution in [3.8, 4) is 0 Å². The van der Waals surface area contributed by atoms with Gasteiger partial charge >= 0.3 is 12.2 Å². The molecule has 0 aromatic heterocycles. The Hall–Kier alpha value is -3.40. The molecule has 3 saturated heterocycles. The smallest absolute Gasteiger partial charge is 0.410 e. The maximum absolute atomic E-state index is 12.0. The maximum atomic E-state index is 12.0. The number of rotatable bonds is 2. The molecule has 2 aromatic rings. The Morgan fingerprint density at radius 3 is 1.80 bits per heavy atom. The van der Waals surface area contributed by atoms with Crippen LogP contribution in [-0.4, -0.2) is 88.9 Å². The SMILES string of the molecule is C.CC(C)(C)OC(=O)N1CC2(C1)CC(O)(c1ccccc1)CO2.CC(C)(C)OC(=O)N1CC2(C=C(c3ccccc3)CO2)C1. The number of ether oxygens (including phenoxy) is 4. The van der Waals surface area contributed by atoms with E-state index in [0.29, 0.717) is 39.2 Å². The Morgan fingerprint density at radius 2 is 1.27 bits per heavy atom. The predicted molar refractivity (Wildman–Crippen MR) is 169 cm³/mol. The molecule has 4 aliphatic rings. The van der Waals surface area contributed by atoms with Gasteiger partial charge in [0.15, 0.2) is 0 Å². The van der Waals surface area contributed by atoms with Crippen LogP contribution in [0.15, 0.2) is 66.7 Å². The Morgan fingerprint density at radius 1 is 0.773 bits per heavy atom. The van der Waals surface area contributed by atoms with Gasteiger partial charge in [0.2, 0.25) is 0 Å². The topological polar surface area (TPSA) is 97.8 Å². The van der Waals surface area contributed by atoms with E-state index in [2.05, 4.69) is 18.2 Å². The van der Waals surface area contributed by atoms with Crippen LogP contribution in [0, 0.1) is 0 Å². The van der Waals surface area contributed by atoms with Crippen LogP contribution >= 0.6 is 0 Å². The first-order chi connectivity index (χ1) is 20.1. The molecule has 240 valence electrons. The van der Waals surface area contributed by atoms with Gasteiger partial charge in [0.1, 0.15) is 28.0 Å². The van der Waals surface area contributed by atoms with Crippen LogP contribution in [0.2, 0.25) is 0 Å². The third-order valence-corrected chi connectivity index (χ3v) is 7.82. The zero-order valence-corrected chi connectivity index (χ0v) is 26.1. The number of amides is 2. The fourth-order valence-electron chi connectivity index (χ4n) is 5.83. The zero-order chi connectivity index (χ0) is 31.1. The molecule has 44 heavy (non-hydrogen) atoms. The molecule has 4 aliphatic heterocycles. The molecule has 1 unspecified atom stereocenters. The van der Waals surface area contributed by atoms with Crippen LogP contribution in [0.3, 0.4) is 0 Å². The quantitative estimate of drug-likeness (QED) is 0.446.